The molecule has 34 heavy (non-hydrogen) atoms. The van der Waals surface area contributed by atoms with E-state index in [4.69, 9.17) is 28.4 Å². The quantitative estimate of drug-likeness (QED) is 0.492. The SMILES string of the molecule is COc1cc(/C=C/CN2CCN(Cc3cc(OC)c(OC)c(OC)c3)CC2)cc(OC)c1OC. The fourth-order valence-electron chi connectivity index (χ4n) is 4.15. The first kappa shape index (κ1) is 25.5. The second-order valence-electron chi connectivity index (χ2n) is 7.97. The van der Waals surface area contributed by atoms with E-state index >= 15 is 0 Å². The van der Waals surface area contributed by atoms with Crippen molar-refractivity contribution in [2.75, 3.05) is 75.4 Å². The van der Waals surface area contributed by atoms with Crippen molar-refractivity contribution in [3.63, 3.8) is 0 Å². The first-order valence-electron chi connectivity index (χ1n) is 11.3. The van der Waals surface area contributed by atoms with E-state index in [9.17, 15) is 0 Å². The zero-order valence-corrected chi connectivity index (χ0v) is 21.1. The Morgan fingerprint density at radius 2 is 1.06 bits per heavy atom. The Morgan fingerprint density at radius 1 is 0.618 bits per heavy atom. The third-order valence-electron chi connectivity index (χ3n) is 5.96. The van der Waals surface area contributed by atoms with Gasteiger partial charge in [0.1, 0.15) is 0 Å². The van der Waals surface area contributed by atoms with Crippen LogP contribution in [0.5, 0.6) is 34.5 Å². The molecule has 0 spiro atoms. The second-order valence-corrected chi connectivity index (χ2v) is 7.97. The molecule has 3 rings (SSSR count). The summed E-state index contributed by atoms with van der Waals surface area (Å²) in [6.07, 6.45) is 4.27. The van der Waals surface area contributed by atoms with Crippen molar-refractivity contribution in [2.45, 2.75) is 6.54 Å². The van der Waals surface area contributed by atoms with Crippen LogP contribution in [0.15, 0.2) is 30.3 Å². The summed E-state index contributed by atoms with van der Waals surface area (Å²) in [4.78, 5) is 4.89. The summed E-state index contributed by atoms with van der Waals surface area (Å²) in [6, 6.07) is 7.95. The molecule has 1 saturated heterocycles. The van der Waals surface area contributed by atoms with Crippen molar-refractivity contribution in [3.8, 4) is 34.5 Å². The van der Waals surface area contributed by atoms with Gasteiger partial charge < -0.3 is 28.4 Å². The molecule has 1 aliphatic rings. The van der Waals surface area contributed by atoms with Gasteiger partial charge in [0, 0.05) is 39.3 Å². The minimum atomic E-state index is 0.602. The predicted molar refractivity (Wildman–Crippen MR) is 133 cm³/mol. The molecule has 8 nitrogen and oxygen atoms in total. The molecule has 2 aromatic rings. The van der Waals surface area contributed by atoms with Crippen LogP contribution in [0.4, 0.5) is 0 Å². The molecule has 2 aromatic carbocycles. The zero-order valence-electron chi connectivity index (χ0n) is 21.1. The predicted octanol–water partition coefficient (Wildman–Crippen LogP) is 3.57. The normalized spacial score (nSPS) is 14.8. The highest BCUT2D eigenvalue weighted by Gasteiger charge is 2.19. The Bertz CT molecular complexity index is 920. The van der Waals surface area contributed by atoms with Crippen LogP contribution in [0.25, 0.3) is 6.08 Å². The van der Waals surface area contributed by atoms with Crippen LogP contribution in [0, 0.1) is 0 Å². The molecule has 0 radical (unpaired) electrons. The van der Waals surface area contributed by atoms with Crippen molar-refractivity contribution in [1.29, 1.82) is 0 Å². The lowest BCUT2D eigenvalue weighted by Gasteiger charge is -2.34. The minimum absolute atomic E-state index is 0.602. The maximum Gasteiger partial charge on any atom is 0.203 e. The molecule has 0 amide bonds. The number of nitrogens with zero attached hydrogens (tertiary/aromatic N) is 2. The lowest BCUT2D eigenvalue weighted by molar-refractivity contribution is 0.137. The van der Waals surface area contributed by atoms with E-state index in [1.807, 2.05) is 24.3 Å². The molecule has 0 aromatic heterocycles. The average molecular weight is 473 g/mol. The summed E-state index contributed by atoms with van der Waals surface area (Å²) < 4.78 is 32.7. The number of benzene rings is 2. The van der Waals surface area contributed by atoms with E-state index in [-0.39, 0.29) is 0 Å². The van der Waals surface area contributed by atoms with E-state index in [1.54, 1.807) is 42.7 Å². The van der Waals surface area contributed by atoms with Crippen molar-refractivity contribution < 1.29 is 28.4 Å². The number of rotatable bonds is 11. The van der Waals surface area contributed by atoms with Crippen LogP contribution in [0.2, 0.25) is 0 Å². The molecule has 186 valence electrons. The van der Waals surface area contributed by atoms with Crippen molar-refractivity contribution in [1.82, 2.24) is 9.80 Å². The Labute approximate surface area is 202 Å². The van der Waals surface area contributed by atoms with E-state index in [0.717, 1.165) is 50.4 Å². The summed E-state index contributed by atoms with van der Waals surface area (Å²) in [5, 5.41) is 0. The molecule has 0 N–H and O–H groups in total. The second kappa shape index (κ2) is 12.4. The summed E-state index contributed by atoms with van der Waals surface area (Å²) in [6.45, 7) is 5.72. The third-order valence-corrected chi connectivity index (χ3v) is 5.96. The Kier molecular flexibility index (Phi) is 9.30. The zero-order chi connectivity index (χ0) is 24.5. The first-order valence-corrected chi connectivity index (χ1v) is 11.3. The minimum Gasteiger partial charge on any atom is -0.493 e. The van der Waals surface area contributed by atoms with E-state index in [0.29, 0.717) is 34.5 Å². The summed E-state index contributed by atoms with van der Waals surface area (Å²) in [5.74, 6) is 3.91. The fourth-order valence-corrected chi connectivity index (χ4v) is 4.15. The standard InChI is InChI=1S/C26H36N2O6/c1-29-21-14-19(15-22(30-2)25(21)33-5)8-7-9-27-10-12-28(13-11-27)18-20-16-23(31-3)26(34-6)24(17-20)32-4/h7-8,14-17H,9-13,18H2,1-6H3/b8-7+. The van der Waals surface area contributed by atoms with Crippen LogP contribution in [-0.4, -0.2) is 85.2 Å². The van der Waals surface area contributed by atoms with Gasteiger partial charge in [-0.2, -0.15) is 0 Å². The molecular formula is C26H36N2O6. The van der Waals surface area contributed by atoms with Gasteiger partial charge in [-0.1, -0.05) is 12.2 Å². The van der Waals surface area contributed by atoms with Crippen molar-refractivity contribution in [2.24, 2.45) is 0 Å². The number of methoxy groups -OCH3 is 6. The van der Waals surface area contributed by atoms with Crippen LogP contribution < -0.4 is 28.4 Å². The maximum atomic E-state index is 5.49. The molecule has 0 aliphatic carbocycles. The average Bonchev–Trinajstić information content (AvgIpc) is 2.88. The molecule has 1 heterocycles. The summed E-state index contributed by atoms with van der Waals surface area (Å²) in [7, 11) is 9.77. The van der Waals surface area contributed by atoms with E-state index in [1.165, 1.54) is 0 Å². The Hall–Kier alpha value is -3.10. The van der Waals surface area contributed by atoms with Crippen LogP contribution >= 0.6 is 0 Å². The van der Waals surface area contributed by atoms with Gasteiger partial charge in [0.2, 0.25) is 11.5 Å². The highest BCUT2D eigenvalue weighted by atomic mass is 16.5. The van der Waals surface area contributed by atoms with Gasteiger partial charge in [0.05, 0.1) is 42.7 Å². The van der Waals surface area contributed by atoms with Gasteiger partial charge >= 0.3 is 0 Å². The van der Waals surface area contributed by atoms with Gasteiger partial charge in [-0.05, 0) is 35.4 Å². The van der Waals surface area contributed by atoms with Gasteiger partial charge in [-0.25, -0.2) is 0 Å². The van der Waals surface area contributed by atoms with Gasteiger partial charge in [-0.3, -0.25) is 9.80 Å². The van der Waals surface area contributed by atoms with E-state index < -0.39 is 0 Å². The summed E-state index contributed by atoms with van der Waals surface area (Å²) >= 11 is 0. The number of piperazine rings is 1. The van der Waals surface area contributed by atoms with Crippen LogP contribution in [0.1, 0.15) is 11.1 Å². The van der Waals surface area contributed by atoms with Crippen LogP contribution in [0.3, 0.4) is 0 Å². The Morgan fingerprint density at radius 3 is 1.50 bits per heavy atom. The smallest absolute Gasteiger partial charge is 0.203 e. The largest absolute Gasteiger partial charge is 0.493 e. The molecule has 0 bridgehead atoms. The monoisotopic (exact) mass is 472 g/mol. The molecule has 0 atom stereocenters. The van der Waals surface area contributed by atoms with Gasteiger partial charge in [0.25, 0.3) is 0 Å². The lowest BCUT2D eigenvalue weighted by Crippen LogP contribution is -2.45. The third kappa shape index (κ3) is 6.07. The maximum absolute atomic E-state index is 5.49. The lowest BCUT2D eigenvalue weighted by atomic mass is 10.1. The first-order chi connectivity index (χ1) is 16.6. The molecule has 8 heteroatoms. The molecule has 0 unspecified atom stereocenters. The highest BCUT2D eigenvalue weighted by molar-refractivity contribution is 5.62. The van der Waals surface area contributed by atoms with Gasteiger partial charge in [0.15, 0.2) is 23.0 Å². The van der Waals surface area contributed by atoms with Crippen molar-refractivity contribution >= 4 is 6.08 Å². The van der Waals surface area contributed by atoms with Crippen LogP contribution in [-0.2, 0) is 6.54 Å². The highest BCUT2D eigenvalue weighted by Crippen LogP contribution is 2.39. The van der Waals surface area contributed by atoms with Gasteiger partial charge in [-0.15, -0.1) is 0 Å². The number of hydrogen-bond acceptors (Lipinski definition) is 8. The van der Waals surface area contributed by atoms with Crippen molar-refractivity contribution in [3.05, 3.63) is 41.5 Å². The fraction of sp³-hybridized carbons (Fsp3) is 0.462. The number of ether oxygens (including phenoxy) is 6. The number of hydrogen-bond donors (Lipinski definition) is 0. The molecular weight excluding hydrogens is 436 g/mol. The topological polar surface area (TPSA) is 61.9 Å². The molecule has 0 saturated carbocycles. The van der Waals surface area contributed by atoms with E-state index in [2.05, 4.69) is 22.0 Å². The Balaban J connectivity index is 1.56. The molecule has 1 fully saturated rings. The molecule has 1 aliphatic heterocycles. The summed E-state index contributed by atoms with van der Waals surface area (Å²) in [5.41, 5.74) is 2.15.